The van der Waals surface area contributed by atoms with Gasteiger partial charge in [-0.1, -0.05) is 18.2 Å². The Kier molecular flexibility index (Phi) is 4.35. The smallest absolute Gasteiger partial charge is 0.132 e. The van der Waals surface area contributed by atoms with Gasteiger partial charge in [-0.15, -0.1) is 0 Å². The summed E-state index contributed by atoms with van der Waals surface area (Å²) >= 11 is 0. The van der Waals surface area contributed by atoms with Crippen LogP contribution in [0.2, 0.25) is 0 Å². The molecule has 0 radical (unpaired) electrons. The summed E-state index contributed by atoms with van der Waals surface area (Å²) in [4.78, 5) is 0. The Balaban J connectivity index is 2.23. The van der Waals surface area contributed by atoms with E-state index in [-0.39, 0.29) is 12.2 Å². The molecule has 0 bridgehead atoms. The van der Waals surface area contributed by atoms with Crippen molar-refractivity contribution in [2.45, 2.75) is 27.0 Å². The van der Waals surface area contributed by atoms with E-state index in [1.54, 1.807) is 0 Å². The predicted octanol–water partition coefficient (Wildman–Crippen LogP) is 3.62. The molecule has 2 nitrogen and oxygen atoms in total. The van der Waals surface area contributed by atoms with E-state index >= 15 is 0 Å². The third-order valence-electron chi connectivity index (χ3n) is 3.18. The highest BCUT2D eigenvalue weighted by Crippen LogP contribution is 2.26. The van der Waals surface area contributed by atoms with Crippen molar-refractivity contribution in [1.82, 2.24) is 0 Å². The maximum atomic E-state index is 13.5. The summed E-state index contributed by atoms with van der Waals surface area (Å²) in [5.41, 5.74) is 8.36. The average Bonchev–Trinajstić information content (AvgIpc) is 2.40. The first-order chi connectivity index (χ1) is 9.52. The Bertz CT molecular complexity index is 583. The zero-order chi connectivity index (χ0) is 14.7. The van der Waals surface area contributed by atoms with Crippen LogP contribution in [-0.2, 0) is 13.2 Å². The normalized spacial score (nSPS) is 10.7. The third-order valence-corrected chi connectivity index (χ3v) is 3.18. The van der Waals surface area contributed by atoms with E-state index in [2.05, 4.69) is 0 Å². The van der Waals surface area contributed by atoms with Crippen LogP contribution in [0.4, 0.5) is 8.78 Å². The lowest BCUT2D eigenvalue weighted by atomic mass is 10.1. The van der Waals surface area contributed by atoms with Gasteiger partial charge in [-0.2, -0.15) is 0 Å². The summed E-state index contributed by atoms with van der Waals surface area (Å²) in [6, 6.07) is 7.61. The molecule has 0 unspecified atom stereocenters. The number of nitrogens with two attached hydrogens (primary N) is 1. The Hall–Kier alpha value is -1.94. The van der Waals surface area contributed by atoms with Gasteiger partial charge in [0.2, 0.25) is 0 Å². The predicted molar refractivity (Wildman–Crippen MR) is 74.5 cm³/mol. The highest BCUT2D eigenvalue weighted by atomic mass is 19.1. The van der Waals surface area contributed by atoms with Crippen molar-refractivity contribution in [3.05, 3.63) is 64.2 Å². The summed E-state index contributed by atoms with van der Waals surface area (Å²) in [6.45, 7) is 4.09. The highest BCUT2D eigenvalue weighted by Gasteiger charge is 2.11. The van der Waals surface area contributed by atoms with Crippen LogP contribution < -0.4 is 10.5 Å². The van der Waals surface area contributed by atoms with Gasteiger partial charge in [-0.05, 0) is 42.7 Å². The summed E-state index contributed by atoms with van der Waals surface area (Å²) in [5, 5.41) is 0. The minimum atomic E-state index is -0.598. The Labute approximate surface area is 117 Å². The molecule has 2 N–H and O–H groups in total. The van der Waals surface area contributed by atoms with Crippen molar-refractivity contribution >= 4 is 0 Å². The van der Waals surface area contributed by atoms with Gasteiger partial charge in [0.25, 0.3) is 0 Å². The lowest BCUT2D eigenvalue weighted by molar-refractivity contribution is 0.288. The summed E-state index contributed by atoms with van der Waals surface area (Å²) < 4.78 is 32.7. The number of ether oxygens (including phenoxy) is 1. The molecule has 0 fully saturated rings. The largest absolute Gasteiger partial charge is 0.488 e. The van der Waals surface area contributed by atoms with Crippen LogP contribution in [0.5, 0.6) is 5.75 Å². The van der Waals surface area contributed by atoms with Crippen molar-refractivity contribution < 1.29 is 13.5 Å². The second kappa shape index (κ2) is 6.01. The average molecular weight is 277 g/mol. The number of benzene rings is 2. The maximum absolute atomic E-state index is 13.5. The summed E-state index contributed by atoms with van der Waals surface area (Å²) in [5.74, 6) is -0.553. The van der Waals surface area contributed by atoms with Gasteiger partial charge in [0.05, 0.1) is 5.56 Å². The second-order valence-electron chi connectivity index (χ2n) is 4.75. The maximum Gasteiger partial charge on any atom is 0.132 e. The van der Waals surface area contributed by atoms with E-state index < -0.39 is 11.6 Å². The fraction of sp³-hybridized carbons (Fsp3) is 0.250. The molecule has 0 saturated heterocycles. The molecule has 0 aliphatic carbocycles. The molecular weight excluding hydrogens is 260 g/mol. The molecule has 0 atom stereocenters. The van der Waals surface area contributed by atoms with E-state index in [0.29, 0.717) is 12.3 Å². The third kappa shape index (κ3) is 2.96. The first-order valence-corrected chi connectivity index (χ1v) is 6.38. The van der Waals surface area contributed by atoms with Crippen LogP contribution in [0.1, 0.15) is 22.3 Å². The molecule has 0 aliphatic heterocycles. The van der Waals surface area contributed by atoms with Crippen LogP contribution in [0, 0.1) is 25.5 Å². The van der Waals surface area contributed by atoms with Crippen LogP contribution in [0.15, 0.2) is 30.3 Å². The monoisotopic (exact) mass is 277 g/mol. The first kappa shape index (κ1) is 14.5. The van der Waals surface area contributed by atoms with Crippen LogP contribution >= 0.6 is 0 Å². The molecule has 20 heavy (non-hydrogen) atoms. The lowest BCUT2D eigenvalue weighted by Crippen LogP contribution is -2.05. The van der Waals surface area contributed by atoms with Crippen molar-refractivity contribution in [3.8, 4) is 5.75 Å². The number of rotatable bonds is 4. The van der Waals surface area contributed by atoms with Crippen molar-refractivity contribution in [1.29, 1.82) is 0 Å². The lowest BCUT2D eigenvalue weighted by Gasteiger charge is -2.14. The number of halogens is 2. The summed E-state index contributed by atoms with van der Waals surface area (Å²) in [7, 11) is 0. The molecule has 4 heteroatoms. The molecule has 0 aliphatic rings. The van der Waals surface area contributed by atoms with Crippen LogP contribution in [0.25, 0.3) is 0 Å². The van der Waals surface area contributed by atoms with Gasteiger partial charge in [0, 0.05) is 6.54 Å². The topological polar surface area (TPSA) is 35.2 Å². The van der Waals surface area contributed by atoms with Gasteiger partial charge < -0.3 is 10.5 Å². The molecule has 0 aromatic heterocycles. The highest BCUT2D eigenvalue weighted by molar-refractivity contribution is 5.43. The standard InChI is InChI=1S/C16H17F2NO/c1-10-6-12(8-19)7-11(2)16(10)20-9-13-14(17)4-3-5-15(13)18/h3-7H,8-9,19H2,1-2H3. The van der Waals surface area contributed by atoms with Crippen molar-refractivity contribution in [2.24, 2.45) is 5.73 Å². The molecule has 2 rings (SSSR count). The minimum Gasteiger partial charge on any atom is -0.488 e. The molecule has 2 aromatic carbocycles. The Morgan fingerprint density at radius 3 is 2.10 bits per heavy atom. The van der Waals surface area contributed by atoms with Gasteiger partial charge in [-0.3, -0.25) is 0 Å². The molecule has 0 amide bonds. The number of hydrogen-bond acceptors (Lipinski definition) is 2. The van der Waals surface area contributed by atoms with E-state index in [9.17, 15) is 8.78 Å². The fourth-order valence-electron chi connectivity index (χ4n) is 2.20. The molecule has 2 aromatic rings. The van der Waals surface area contributed by atoms with Crippen molar-refractivity contribution in [3.63, 3.8) is 0 Å². The molecule has 0 saturated carbocycles. The Morgan fingerprint density at radius 1 is 1.05 bits per heavy atom. The second-order valence-corrected chi connectivity index (χ2v) is 4.75. The fourth-order valence-corrected chi connectivity index (χ4v) is 2.20. The molecule has 0 spiro atoms. The van der Waals surface area contributed by atoms with Gasteiger partial charge in [0.1, 0.15) is 24.0 Å². The zero-order valence-corrected chi connectivity index (χ0v) is 11.5. The van der Waals surface area contributed by atoms with Gasteiger partial charge >= 0.3 is 0 Å². The van der Waals surface area contributed by atoms with E-state index in [0.717, 1.165) is 16.7 Å². The minimum absolute atomic E-state index is 0.0609. The summed E-state index contributed by atoms with van der Waals surface area (Å²) in [6.07, 6.45) is 0. The van der Waals surface area contributed by atoms with E-state index in [1.807, 2.05) is 26.0 Å². The first-order valence-electron chi connectivity index (χ1n) is 6.38. The van der Waals surface area contributed by atoms with E-state index in [1.165, 1.54) is 18.2 Å². The van der Waals surface area contributed by atoms with Crippen molar-refractivity contribution in [2.75, 3.05) is 0 Å². The Morgan fingerprint density at radius 2 is 1.60 bits per heavy atom. The number of hydrogen-bond donors (Lipinski definition) is 1. The molecular formula is C16H17F2NO. The van der Waals surface area contributed by atoms with Gasteiger partial charge in [0.15, 0.2) is 0 Å². The van der Waals surface area contributed by atoms with Gasteiger partial charge in [-0.25, -0.2) is 8.78 Å². The zero-order valence-electron chi connectivity index (χ0n) is 11.5. The van der Waals surface area contributed by atoms with E-state index in [4.69, 9.17) is 10.5 Å². The van der Waals surface area contributed by atoms with Crippen LogP contribution in [-0.4, -0.2) is 0 Å². The molecule has 106 valence electrons. The number of aryl methyl sites for hydroxylation is 2. The SMILES string of the molecule is Cc1cc(CN)cc(C)c1OCc1c(F)cccc1F. The quantitative estimate of drug-likeness (QED) is 0.926. The van der Waals surface area contributed by atoms with Crippen LogP contribution in [0.3, 0.4) is 0 Å². The molecule has 0 heterocycles.